The average molecular weight is 290 g/mol. The molecule has 4 rings (SSSR count). The van der Waals surface area contributed by atoms with Crippen molar-refractivity contribution in [3.05, 3.63) is 40.7 Å². The standard InChI is InChI=1S/C14H12ClN3S/c15-13-9-5-1-2-6-10(9)17-18(13)14-16-11-7-3-4-8-12(11)19-14/h3-4,7-8H,1-2,5-6H2. The van der Waals surface area contributed by atoms with Gasteiger partial charge in [-0.1, -0.05) is 35.1 Å². The molecular weight excluding hydrogens is 278 g/mol. The van der Waals surface area contributed by atoms with Crippen molar-refractivity contribution >= 4 is 33.2 Å². The van der Waals surface area contributed by atoms with Crippen LogP contribution in [0.2, 0.25) is 5.15 Å². The van der Waals surface area contributed by atoms with Crippen LogP contribution in [0.15, 0.2) is 24.3 Å². The fourth-order valence-corrected chi connectivity index (χ4v) is 3.89. The molecular formula is C14H12ClN3S. The largest absolute Gasteiger partial charge is 0.218 e. The molecule has 0 fully saturated rings. The smallest absolute Gasteiger partial charge is 0.212 e. The molecule has 19 heavy (non-hydrogen) atoms. The quantitative estimate of drug-likeness (QED) is 0.677. The third-order valence-electron chi connectivity index (χ3n) is 3.56. The molecule has 0 bridgehead atoms. The highest BCUT2D eigenvalue weighted by Gasteiger charge is 2.21. The van der Waals surface area contributed by atoms with E-state index in [1.165, 1.54) is 23.1 Å². The topological polar surface area (TPSA) is 30.7 Å². The fraction of sp³-hybridized carbons (Fsp3) is 0.286. The van der Waals surface area contributed by atoms with E-state index in [1.807, 2.05) is 22.9 Å². The molecule has 0 N–H and O–H groups in total. The van der Waals surface area contributed by atoms with Crippen molar-refractivity contribution in [3.63, 3.8) is 0 Å². The molecule has 2 heterocycles. The van der Waals surface area contributed by atoms with Crippen molar-refractivity contribution in [1.29, 1.82) is 0 Å². The lowest BCUT2D eigenvalue weighted by atomic mass is 9.99. The van der Waals surface area contributed by atoms with Crippen molar-refractivity contribution in [3.8, 4) is 5.13 Å². The Morgan fingerprint density at radius 2 is 2.00 bits per heavy atom. The average Bonchev–Trinajstić information content (AvgIpc) is 3.00. The number of thiazole rings is 1. The Balaban J connectivity index is 1.89. The molecule has 96 valence electrons. The second-order valence-electron chi connectivity index (χ2n) is 4.80. The van der Waals surface area contributed by atoms with Gasteiger partial charge in [-0.15, -0.1) is 0 Å². The number of rotatable bonds is 1. The first-order valence-corrected chi connectivity index (χ1v) is 7.64. The van der Waals surface area contributed by atoms with Crippen LogP contribution >= 0.6 is 22.9 Å². The molecule has 1 aliphatic rings. The molecule has 2 aromatic heterocycles. The molecule has 1 aromatic carbocycles. The van der Waals surface area contributed by atoms with Crippen LogP contribution in [0.4, 0.5) is 0 Å². The zero-order chi connectivity index (χ0) is 12.8. The zero-order valence-electron chi connectivity index (χ0n) is 10.3. The SMILES string of the molecule is Clc1c2c(nn1-c1nc3ccccc3s1)CCCC2. The fourth-order valence-electron chi connectivity index (χ4n) is 2.59. The predicted molar refractivity (Wildman–Crippen MR) is 78.4 cm³/mol. The summed E-state index contributed by atoms with van der Waals surface area (Å²) in [6, 6.07) is 8.13. The van der Waals surface area contributed by atoms with E-state index in [9.17, 15) is 0 Å². The van der Waals surface area contributed by atoms with Crippen LogP contribution in [0.1, 0.15) is 24.1 Å². The predicted octanol–water partition coefficient (Wildman–Crippen LogP) is 4.01. The van der Waals surface area contributed by atoms with Crippen LogP contribution in [0, 0.1) is 0 Å². The van der Waals surface area contributed by atoms with Gasteiger partial charge in [0.1, 0.15) is 5.15 Å². The number of aryl methyl sites for hydroxylation is 1. The van der Waals surface area contributed by atoms with Crippen molar-refractivity contribution in [2.75, 3.05) is 0 Å². The van der Waals surface area contributed by atoms with E-state index in [2.05, 4.69) is 16.1 Å². The Morgan fingerprint density at radius 1 is 1.16 bits per heavy atom. The Kier molecular flexibility index (Phi) is 2.60. The third kappa shape index (κ3) is 1.78. The van der Waals surface area contributed by atoms with Gasteiger partial charge in [0, 0.05) is 5.56 Å². The maximum Gasteiger partial charge on any atom is 0.212 e. The van der Waals surface area contributed by atoms with E-state index in [4.69, 9.17) is 11.6 Å². The summed E-state index contributed by atoms with van der Waals surface area (Å²) in [5, 5.41) is 6.25. The van der Waals surface area contributed by atoms with E-state index in [1.54, 1.807) is 11.3 Å². The lowest BCUT2D eigenvalue weighted by Crippen LogP contribution is -2.00. The first-order chi connectivity index (χ1) is 9.33. The normalized spacial score (nSPS) is 14.8. The molecule has 3 aromatic rings. The van der Waals surface area contributed by atoms with Crippen LogP contribution in [-0.4, -0.2) is 14.8 Å². The first-order valence-electron chi connectivity index (χ1n) is 6.45. The Bertz CT molecular complexity index is 726. The first kappa shape index (κ1) is 11.4. The summed E-state index contributed by atoms with van der Waals surface area (Å²) >= 11 is 8.10. The van der Waals surface area contributed by atoms with E-state index in [0.29, 0.717) is 0 Å². The number of fused-ring (bicyclic) bond motifs is 2. The summed E-state index contributed by atoms with van der Waals surface area (Å²) < 4.78 is 2.98. The van der Waals surface area contributed by atoms with Gasteiger partial charge in [0.2, 0.25) is 5.13 Å². The second-order valence-corrected chi connectivity index (χ2v) is 6.17. The minimum absolute atomic E-state index is 0.744. The maximum atomic E-state index is 6.47. The number of halogens is 1. The molecule has 1 aliphatic carbocycles. The summed E-state index contributed by atoms with van der Waals surface area (Å²) in [5.41, 5.74) is 3.37. The Morgan fingerprint density at radius 3 is 2.84 bits per heavy atom. The van der Waals surface area contributed by atoms with E-state index >= 15 is 0 Å². The molecule has 5 heteroatoms. The number of benzene rings is 1. The summed E-state index contributed by atoms with van der Waals surface area (Å²) in [6.45, 7) is 0. The molecule has 0 radical (unpaired) electrons. The van der Waals surface area contributed by atoms with Crippen LogP contribution in [-0.2, 0) is 12.8 Å². The van der Waals surface area contributed by atoms with Crippen molar-refractivity contribution < 1.29 is 0 Å². The van der Waals surface area contributed by atoms with Gasteiger partial charge in [-0.25, -0.2) is 4.98 Å². The summed E-state index contributed by atoms with van der Waals surface area (Å²) in [6.07, 6.45) is 4.49. The highest BCUT2D eigenvalue weighted by Crippen LogP contribution is 2.32. The lowest BCUT2D eigenvalue weighted by Gasteiger charge is -2.07. The maximum absolute atomic E-state index is 6.47. The van der Waals surface area contributed by atoms with Gasteiger partial charge >= 0.3 is 0 Å². The highest BCUT2D eigenvalue weighted by molar-refractivity contribution is 7.20. The van der Waals surface area contributed by atoms with Gasteiger partial charge in [-0.3, -0.25) is 0 Å². The van der Waals surface area contributed by atoms with Gasteiger partial charge in [-0.2, -0.15) is 9.78 Å². The third-order valence-corrected chi connectivity index (χ3v) is 4.96. The van der Waals surface area contributed by atoms with Crippen molar-refractivity contribution in [2.24, 2.45) is 0 Å². The van der Waals surface area contributed by atoms with Gasteiger partial charge < -0.3 is 0 Å². The van der Waals surface area contributed by atoms with E-state index in [0.717, 1.165) is 34.3 Å². The van der Waals surface area contributed by atoms with Gasteiger partial charge in [0.05, 0.1) is 15.9 Å². The molecule has 0 aliphatic heterocycles. The number of aromatic nitrogens is 3. The van der Waals surface area contributed by atoms with Crippen LogP contribution in [0.5, 0.6) is 0 Å². The molecule has 0 amide bonds. The van der Waals surface area contributed by atoms with Gasteiger partial charge in [0.25, 0.3) is 0 Å². The minimum atomic E-state index is 0.744. The van der Waals surface area contributed by atoms with Crippen LogP contribution < -0.4 is 0 Å². The number of nitrogens with zero attached hydrogens (tertiary/aromatic N) is 3. The summed E-state index contributed by atoms with van der Waals surface area (Å²) in [7, 11) is 0. The van der Waals surface area contributed by atoms with Crippen molar-refractivity contribution in [2.45, 2.75) is 25.7 Å². The zero-order valence-corrected chi connectivity index (χ0v) is 11.8. The molecule has 0 unspecified atom stereocenters. The van der Waals surface area contributed by atoms with Crippen molar-refractivity contribution in [1.82, 2.24) is 14.8 Å². The van der Waals surface area contributed by atoms with Crippen LogP contribution in [0.3, 0.4) is 0 Å². The molecule has 0 saturated heterocycles. The Labute approximate surface area is 119 Å². The highest BCUT2D eigenvalue weighted by atomic mass is 35.5. The number of hydrogen-bond donors (Lipinski definition) is 0. The number of hydrogen-bond acceptors (Lipinski definition) is 3. The lowest BCUT2D eigenvalue weighted by molar-refractivity contribution is 0.671. The number of para-hydroxylation sites is 1. The van der Waals surface area contributed by atoms with Gasteiger partial charge in [0.15, 0.2) is 0 Å². The monoisotopic (exact) mass is 289 g/mol. The summed E-state index contributed by atoms with van der Waals surface area (Å²) in [4.78, 5) is 4.62. The van der Waals surface area contributed by atoms with Gasteiger partial charge in [-0.05, 0) is 37.8 Å². The minimum Gasteiger partial charge on any atom is -0.218 e. The molecule has 3 nitrogen and oxygen atoms in total. The molecule has 0 spiro atoms. The second kappa shape index (κ2) is 4.32. The van der Waals surface area contributed by atoms with E-state index < -0.39 is 0 Å². The van der Waals surface area contributed by atoms with Crippen LogP contribution in [0.25, 0.3) is 15.3 Å². The van der Waals surface area contributed by atoms with E-state index in [-0.39, 0.29) is 0 Å². The molecule has 0 atom stereocenters. The summed E-state index contributed by atoms with van der Waals surface area (Å²) in [5.74, 6) is 0. The Hall–Kier alpha value is -1.39. The molecule has 0 saturated carbocycles.